The van der Waals surface area contributed by atoms with Gasteiger partial charge in [0.1, 0.15) is 6.61 Å². The van der Waals surface area contributed by atoms with E-state index in [0.29, 0.717) is 13.2 Å². The number of hydrogen-bond donors (Lipinski definition) is 1. The van der Waals surface area contributed by atoms with Gasteiger partial charge in [-0.3, -0.25) is 10.1 Å². The summed E-state index contributed by atoms with van der Waals surface area (Å²) in [7, 11) is 0. The second kappa shape index (κ2) is 7.32. The Balaban J connectivity index is 2.74. The first kappa shape index (κ1) is 14.9. The largest absolute Gasteiger partial charge is 0.484 e. The molecule has 1 rings (SSSR count). The molecule has 0 bridgehead atoms. The SMILES string of the molecule is CCCOCCOc1cc(C(=O)O)ccc1[N+](=O)[O-]. The van der Waals surface area contributed by atoms with E-state index in [0.717, 1.165) is 18.6 Å². The molecule has 0 unspecified atom stereocenters. The van der Waals surface area contributed by atoms with Crippen molar-refractivity contribution in [1.82, 2.24) is 0 Å². The third kappa shape index (κ3) is 4.55. The quantitative estimate of drug-likeness (QED) is 0.440. The van der Waals surface area contributed by atoms with E-state index in [4.69, 9.17) is 14.6 Å². The van der Waals surface area contributed by atoms with E-state index in [9.17, 15) is 14.9 Å². The Hall–Kier alpha value is -2.15. The standard InChI is InChI=1S/C12H15NO6/c1-2-5-18-6-7-19-11-8-9(12(14)15)3-4-10(11)13(16)17/h3-4,8H,2,5-7H2,1H3,(H,14,15). The molecule has 1 aromatic rings. The first-order valence-electron chi connectivity index (χ1n) is 5.78. The van der Waals surface area contributed by atoms with Crippen molar-refractivity contribution in [3.8, 4) is 5.75 Å². The third-order valence-corrected chi connectivity index (χ3v) is 2.24. The molecule has 104 valence electrons. The van der Waals surface area contributed by atoms with Crippen LogP contribution in [0.15, 0.2) is 18.2 Å². The third-order valence-electron chi connectivity index (χ3n) is 2.24. The Labute approximate surface area is 109 Å². The van der Waals surface area contributed by atoms with Crippen LogP contribution in [0.3, 0.4) is 0 Å². The second-order valence-electron chi connectivity index (χ2n) is 3.71. The zero-order chi connectivity index (χ0) is 14.3. The van der Waals surface area contributed by atoms with E-state index in [1.807, 2.05) is 6.92 Å². The van der Waals surface area contributed by atoms with Crippen LogP contribution in [0.5, 0.6) is 5.75 Å². The smallest absolute Gasteiger partial charge is 0.335 e. The summed E-state index contributed by atoms with van der Waals surface area (Å²) in [5, 5.41) is 19.6. The molecule has 7 heteroatoms. The molecule has 0 heterocycles. The van der Waals surface area contributed by atoms with Crippen molar-refractivity contribution in [2.24, 2.45) is 0 Å². The van der Waals surface area contributed by atoms with Gasteiger partial charge < -0.3 is 14.6 Å². The van der Waals surface area contributed by atoms with E-state index in [2.05, 4.69) is 0 Å². The number of nitrogens with zero attached hydrogens (tertiary/aromatic N) is 1. The van der Waals surface area contributed by atoms with Crippen LogP contribution in [0.25, 0.3) is 0 Å². The molecule has 1 N–H and O–H groups in total. The number of ether oxygens (including phenoxy) is 2. The molecule has 7 nitrogen and oxygen atoms in total. The van der Waals surface area contributed by atoms with Crippen molar-refractivity contribution in [1.29, 1.82) is 0 Å². The number of carbonyl (C=O) groups is 1. The van der Waals surface area contributed by atoms with E-state index in [1.165, 1.54) is 6.07 Å². The maximum absolute atomic E-state index is 10.8. The summed E-state index contributed by atoms with van der Waals surface area (Å²) in [6.45, 7) is 2.97. The average Bonchev–Trinajstić information content (AvgIpc) is 2.38. The highest BCUT2D eigenvalue weighted by molar-refractivity contribution is 5.88. The van der Waals surface area contributed by atoms with Gasteiger partial charge in [-0.2, -0.15) is 0 Å². The van der Waals surface area contributed by atoms with E-state index >= 15 is 0 Å². The zero-order valence-electron chi connectivity index (χ0n) is 10.5. The summed E-state index contributed by atoms with van der Waals surface area (Å²) in [4.78, 5) is 21.0. The Kier molecular flexibility index (Phi) is 5.74. The minimum absolute atomic E-state index is 0.0601. The fraction of sp³-hybridized carbons (Fsp3) is 0.417. The molecule has 1 aromatic carbocycles. The van der Waals surface area contributed by atoms with Crippen LogP contribution in [0, 0.1) is 10.1 Å². The molecule has 0 spiro atoms. The number of nitro benzene ring substituents is 1. The minimum Gasteiger partial charge on any atom is -0.484 e. The second-order valence-corrected chi connectivity index (χ2v) is 3.71. The molecule has 0 saturated carbocycles. The van der Waals surface area contributed by atoms with Crippen LogP contribution in [0.4, 0.5) is 5.69 Å². The van der Waals surface area contributed by atoms with Crippen LogP contribution < -0.4 is 4.74 Å². The van der Waals surface area contributed by atoms with Crippen LogP contribution in [-0.2, 0) is 4.74 Å². The molecular formula is C12H15NO6. The molecular weight excluding hydrogens is 254 g/mol. The summed E-state index contributed by atoms with van der Waals surface area (Å²) >= 11 is 0. The number of nitro groups is 1. The molecule has 0 aliphatic rings. The van der Waals surface area contributed by atoms with Gasteiger partial charge in [-0.15, -0.1) is 0 Å². The summed E-state index contributed by atoms with van der Waals surface area (Å²) in [6, 6.07) is 3.42. The fourth-order valence-electron chi connectivity index (χ4n) is 1.37. The highest BCUT2D eigenvalue weighted by Crippen LogP contribution is 2.27. The van der Waals surface area contributed by atoms with Crippen molar-refractivity contribution in [2.45, 2.75) is 13.3 Å². The predicted molar refractivity (Wildman–Crippen MR) is 66.7 cm³/mol. The van der Waals surface area contributed by atoms with Gasteiger partial charge in [-0.05, 0) is 12.5 Å². The Morgan fingerprint density at radius 2 is 2.11 bits per heavy atom. The average molecular weight is 269 g/mol. The Bertz CT molecular complexity index is 460. The monoisotopic (exact) mass is 269 g/mol. The van der Waals surface area contributed by atoms with Gasteiger partial charge in [0, 0.05) is 18.7 Å². The first-order valence-corrected chi connectivity index (χ1v) is 5.78. The minimum atomic E-state index is -1.16. The molecule has 0 aliphatic carbocycles. The molecule has 0 saturated heterocycles. The van der Waals surface area contributed by atoms with E-state index in [-0.39, 0.29) is 23.6 Å². The van der Waals surface area contributed by atoms with Crippen molar-refractivity contribution in [3.63, 3.8) is 0 Å². The molecule has 0 fully saturated rings. The molecule has 0 aliphatic heterocycles. The Morgan fingerprint density at radius 1 is 1.37 bits per heavy atom. The van der Waals surface area contributed by atoms with Gasteiger partial charge in [0.15, 0.2) is 5.75 Å². The van der Waals surface area contributed by atoms with Crippen molar-refractivity contribution in [2.75, 3.05) is 19.8 Å². The first-order chi connectivity index (χ1) is 9.06. The lowest BCUT2D eigenvalue weighted by atomic mass is 10.2. The van der Waals surface area contributed by atoms with Crippen LogP contribution in [0.2, 0.25) is 0 Å². The van der Waals surface area contributed by atoms with Crippen molar-refractivity contribution < 1.29 is 24.3 Å². The van der Waals surface area contributed by atoms with Gasteiger partial charge in [-0.1, -0.05) is 6.92 Å². The maximum Gasteiger partial charge on any atom is 0.335 e. The molecule has 0 atom stereocenters. The van der Waals surface area contributed by atoms with Gasteiger partial charge >= 0.3 is 11.7 Å². The van der Waals surface area contributed by atoms with Gasteiger partial charge in [0.2, 0.25) is 0 Å². The van der Waals surface area contributed by atoms with Crippen molar-refractivity contribution in [3.05, 3.63) is 33.9 Å². The lowest BCUT2D eigenvalue weighted by molar-refractivity contribution is -0.385. The normalized spacial score (nSPS) is 10.2. The predicted octanol–water partition coefficient (Wildman–Crippen LogP) is 2.10. The maximum atomic E-state index is 10.8. The number of hydrogen-bond acceptors (Lipinski definition) is 5. The topological polar surface area (TPSA) is 98.9 Å². The van der Waals surface area contributed by atoms with Crippen LogP contribution >= 0.6 is 0 Å². The number of aromatic carboxylic acids is 1. The summed E-state index contributed by atoms with van der Waals surface area (Å²) in [6.07, 6.45) is 0.870. The lowest BCUT2D eigenvalue weighted by Crippen LogP contribution is -2.09. The highest BCUT2D eigenvalue weighted by atomic mass is 16.6. The number of benzene rings is 1. The number of carboxylic acids is 1. The number of carboxylic acid groups (broad SMARTS) is 1. The summed E-state index contributed by atoms with van der Waals surface area (Å²) < 4.78 is 10.4. The van der Waals surface area contributed by atoms with Gasteiger partial charge in [0.05, 0.1) is 17.1 Å². The van der Waals surface area contributed by atoms with E-state index in [1.54, 1.807) is 0 Å². The molecule has 19 heavy (non-hydrogen) atoms. The van der Waals surface area contributed by atoms with E-state index < -0.39 is 10.9 Å². The highest BCUT2D eigenvalue weighted by Gasteiger charge is 2.17. The summed E-state index contributed by atoms with van der Waals surface area (Å²) in [5.41, 5.74) is -0.324. The molecule has 0 aromatic heterocycles. The van der Waals surface area contributed by atoms with Crippen LogP contribution in [0.1, 0.15) is 23.7 Å². The zero-order valence-corrected chi connectivity index (χ0v) is 10.5. The van der Waals surface area contributed by atoms with Crippen molar-refractivity contribution >= 4 is 11.7 Å². The number of rotatable bonds is 8. The summed E-state index contributed by atoms with van der Waals surface area (Å²) in [5.74, 6) is -1.23. The van der Waals surface area contributed by atoms with Gasteiger partial charge in [0.25, 0.3) is 0 Å². The van der Waals surface area contributed by atoms with Gasteiger partial charge in [-0.25, -0.2) is 4.79 Å². The Morgan fingerprint density at radius 3 is 2.68 bits per heavy atom. The fourth-order valence-corrected chi connectivity index (χ4v) is 1.37. The lowest BCUT2D eigenvalue weighted by Gasteiger charge is -2.07. The van der Waals surface area contributed by atoms with Crippen LogP contribution in [-0.4, -0.2) is 35.8 Å². The molecule has 0 amide bonds. The molecule has 0 radical (unpaired) electrons.